The minimum atomic E-state index is -0.0811. The molecule has 0 bridgehead atoms. The zero-order chi connectivity index (χ0) is 17.6. The van der Waals surface area contributed by atoms with Crippen molar-refractivity contribution in [1.29, 1.82) is 0 Å². The fraction of sp³-hybridized carbons (Fsp3) is 0.421. The second-order valence-corrected chi connectivity index (χ2v) is 6.41. The summed E-state index contributed by atoms with van der Waals surface area (Å²) in [4.78, 5) is 16.8. The molecule has 1 aromatic heterocycles. The number of aromatic nitrogens is 2. The molecule has 0 aliphatic carbocycles. The Bertz CT molecular complexity index is 691. The van der Waals surface area contributed by atoms with Crippen molar-refractivity contribution in [3.8, 4) is 0 Å². The average Bonchev–Trinajstić information content (AvgIpc) is 2.64. The number of likely N-dealkylation sites (N-methyl/N-ethyl adjacent to an activating group) is 1. The van der Waals surface area contributed by atoms with Gasteiger partial charge in [0.2, 0.25) is 5.91 Å². The monoisotopic (exact) mass is 339 g/mol. The van der Waals surface area contributed by atoms with Crippen molar-refractivity contribution in [3.63, 3.8) is 0 Å². The van der Waals surface area contributed by atoms with Gasteiger partial charge in [0.15, 0.2) is 11.6 Å². The van der Waals surface area contributed by atoms with Crippen LogP contribution < -0.4 is 10.2 Å². The molecule has 0 spiro atoms. The van der Waals surface area contributed by atoms with Crippen molar-refractivity contribution in [3.05, 3.63) is 47.5 Å². The number of carbonyl (C=O) groups is 1. The van der Waals surface area contributed by atoms with Crippen molar-refractivity contribution in [2.45, 2.75) is 20.3 Å². The third-order valence-electron chi connectivity index (χ3n) is 4.55. The number of piperazine rings is 1. The number of hydrogen-bond acceptors (Lipinski definition) is 5. The number of aryl methyl sites for hydroxylation is 1. The SMILES string of the molecule is CCN1CCN(c2ccc(NC(=O)Cc3ccc(C)cc3)nn2)CC1. The predicted molar refractivity (Wildman–Crippen MR) is 99.9 cm³/mol. The predicted octanol–water partition coefficient (Wildman–Crippen LogP) is 2.11. The largest absolute Gasteiger partial charge is 0.353 e. The molecular weight excluding hydrogens is 314 g/mol. The first-order valence-electron chi connectivity index (χ1n) is 8.80. The lowest BCUT2D eigenvalue weighted by molar-refractivity contribution is -0.115. The molecule has 1 fully saturated rings. The van der Waals surface area contributed by atoms with E-state index in [4.69, 9.17) is 0 Å². The lowest BCUT2D eigenvalue weighted by Crippen LogP contribution is -2.46. The molecule has 3 rings (SSSR count). The van der Waals surface area contributed by atoms with Crippen LogP contribution in [-0.4, -0.2) is 53.7 Å². The summed E-state index contributed by atoms with van der Waals surface area (Å²) in [6.45, 7) is 9.32. The highest BCUT2D eigenvalue weighted by molar-refractivity contribution is 5.91. The fourth-order valence-electron chi connectivity index (χ4n) is 2.93. The summed E-state index contributed by atoms with van der Waals surface area (Å²) in [5.41, 5.74) is 2.17. The number of rotatable bonds is 5. The van der Waals surface area contributed by atoms with Crippen molar-refractivity contribution in [2.24, 2.45) is 0 Å². The van der Waals surface area contributed by atoms with E-state index < -0.39 is 0 Å². The molecule has 0 atom stereocenters. The molecule has 0 unspecified atom stereocenters. The summed E-state index contributed by atoms with van der Waals surface area (Å²) in [6, 6.07) is 11.7. The number of carbonyl (C=O) groups excluding carboxylic acids is 1. The summed E-state index contributed by atoms with van der Waals surface area (Å²) >= 11 is 0. The smallest absolute Gasteiger partial charge is 0.229 e. The Kier molecular flexibility index (Phi) is 5.60. The van der Waals surface area contributed by atoms with Gasteiger partial charge in [-0.2, -0.15) is 0 Å². The topological polar surface area (TPSA) is 61.4 Å². The Balaban J connectivity index is 1.53. The molecule has 6 nitrogen and oxygen atoms in total. The van der Waals surface area contributed by atoms with Gasteiger partial charge in [-0.1, -0.05) is 36.8 Å². The van der Waals surface area contributed by atoms with Gasteiger partial charge in [0.1, 0.15) is 0 Å². The fourth-order valence-corrected chi connectivity index (χ4v) is 2.93. The number of nitrogens with zero attached hydrogens (tertiary/aromatic N) is 4. The van der Waals surface area contributed by atoms with Crippen LogP contribution in [0, 0.1) is 6.92 Å². The van der Waals surface area contributed by atoms with Crippen molar-refractivity contribution in [1.82, 2.24) is 15.1 Å². The van der Waals surface area contributed by atoms with Gasteiger partial charge in [0, 0.05) is 26.2 Å². The second kappa shape index (κ2) is 8.07. The van der Waals surface area contributed by atoms with Gasteiger partial charge in [-0.15, -0.1) is 10.2 Å². The zero-order valence-electron chi connectivity index (χ0n) is 14.9. The molecule has 1 N–H and O–H groups in total. The summed E-state index contributed by atoms with van der Waals surface area (Å²) in [6.07, 6.45) is 0.336. The molecule has 132 valence electrons. The first-order chi connectivity index (χ1) is 12.1. The first-order valence-corrected chi connectivity index (χ1v) is 8.80. The van der Waals surface area contributed by atoms with Crippen molar-refractivity contribution in [2.75, 3.05) is 42.9 Å². The summed E-state index contributed by atoms with van der Waals surface area (Å²) in [7, 11) is 0. The van der Waals surface area contributed by atoms with Gasteiger partial charge in [-0.3, -0.25) is 4.79 Å². The molecule has 1 aromatic carbocycles. The minimum absolute atomic E-state index is 0.0811. The van der Waals surface area contributed by atoms with Gasteiger partial charge in [-0.05, 0) is 31.2 Å². The van der Waals surface area contributed by atoms with Gasteiger partial charge >= 0.3 is 0 Å². The highest BCUT2D eigenvalue weighted by atomic mass is 16.1. The third-order valence-corrected chi connectivity index (χ3v) is 4.55. The van der Waals surface area contributed by atoms with Crippen LogP contribution in [0.4, 0.5) is 11.6 Å². The van der Waals surface area contributed by atoms with Crippen molar-refractivity contribution < 1.29 is 4.79 Å². The Morgan fingerprint density at radius 3 is 2.36 bits per heavy atom. The quantitative estimate of drug-likeness (QED) is 0.904. The molecule has 0 saturated carbocycles. The third kappa shape index (κ3) is 4.76. The van der Waals surface area contributed by atoms with Gasteiger partial charge < -0.3 is 15.1 Å². The van der Waals surface area contributed by atoms with Crippen LogP contribution in [0.3, 0.4) is 0 Å². The normalized spacial score (nSPS) is 15.2. The molecule has 1 aliphatic rings. The molecular formula is C19H25N5O. The maximum Gasteiger partial charge on any atom is 0.229 e. The Morgan fingerprint density at radius 1 is 1.04 bits per heavy atom. The zero-order valence-corrected chi connectivity index (χ0v) is 14.9. The van der Waals surface area contributed by atoms with E-state index in [-0.39, 0.29) is 5.91 Å². The first kappa shape index (κ1) is 17.4. The van der Waals surface area contributed by atoms with E-state index in [1.165, 1.54) is 5.56 Å². The lowest BCUT2D eigenvalue weighted by Gasteiger charge is -2.34. The Morgan fingerprint density at radius 2 is 1.76 bits per heavy atom. The van der Waals surface area contributed by atoms with E-state index in [0.717, 1.165) is 44.1 Å². The van der Waals surface area contributed by atoms with Crippen LogP contribution in [-0.2, 0) is 11.2 Å². The molecule has 0 radical (unpaired) electrons. The van der Waals surface area contributed by atoms with Crippen molar-refractivity contribution >= 4 is 17.5 Å². The molecule has 25 heavy (non-hydrogen) atoms. The number of anilines is 2. The number of nitrogens with one attached hydrogen (secondary N) is 1. The van der Waals surface area contributed by atoms with Crippen LogP contribution in [0.25, 0.3) is 0 Å². The molecule has 6 heteroatoms. The van der Waals surface area contributed by atoms with Gasteiger partial charge in [0.05, 0.1) is 6.42 Å². The molecule has 2 heterocycles. The van der Waals surface area contributed by atoms with Crippen LogP contribution in [0.15, 0.2) is 36.4 Å². The Hall–Kier alpha value is -2.47. The van der Waals surface area contributed by atoms with Crippen LogP contribution in [0.1, 0.15) is 18.1 Å². The van der Waals surface area contributed by atoms with Crippen LogP contribution >= 0.6 is 0 Å². The number of amides is 1. The molecule has 1 aliphatic heterocycles. The highest BCUT2D eigenvalue weighted by Gasteiger charge is 2.17. The van der Waals surface area contributed by atoms with E-state index in [1.54, 1.807) is 0 Å². The minimum Gasteiger partial charge on any atom is -0.353 e. The summed E-state index contributed by atoms with van der Waals surface area (Å²) in [5, 5.41) is 11.2. The lowest BCUT2D eigenvalue weighted by atomic mass is 10.1. The second-order valence-electron chi connectivity index (χ2n) is 6.41. The standard InChI is InChI=1S/C19H25N5O/c1-3-23-10-12-24(13-11-23)18-9-8-17(21-22-18)20-19(25)14-16-6-4-15(2)5-7-16/h4-9H,3,10-14H2,1-2H3,(H,20,21,25). The van der Waals surface area contributed by atoms with E-state index in [1.807, 2.05) is 43.3 Å². The van der Waals surface area contributed by atoms with E-state index in [2.05, 4.69) is 32.2 Å². The number of hydrogen-bond donors (Lipinski definition) is 1. The summed E-state index contributed by atoms with van der Waals surface area (Å²) in [5.74, 6) is 1.28. The molecule has 2 aromatic rings. The van der Waals surface area contributed by atoms with E-state index >= 15 is 0 Å². The van der Waals surface area contributed by atoms with Crippen LogP contribution in [0.2, 0.25) is 0 Å². The van der Waals surface area contributed by atoms with Crippen LogP contribution in [0.5, 0.6) is 0 Å². The average molecular weight is 339 g/mol. The Labute approximate surface area is 148 Å². The maximum atomic E-state index is 12.1. The summed E-state index contributed by atoms with van der Waals surface area (Å²) < 4.78 is 0. The molecule has 1 amide bonds. The van der Waals surface area contributed by atoms with E-state index in [0.29, 0.717) is 12.2 Å². The van der Waals surface area contributed by atoms with Gasteiger partial charge in [-0.25, -0.2) is 0 Å². The highest BCUT2D eigenvalue weighted by Crippen LogP contribution is 2.14. The van der Waals surface area contributed by atoms with Gasteiger partial charge in [0.25, 0.3) is 0 Å². The molecule has 1 saturated heterocycles. The number of benzene rings is 1. The maximum absolute atomic E-state index is 12.1. The van der Waals surface area contributed by atoms with E-state index in [9.17, 15) is 4.79 Å².